The maximum atomic E-state index is 12.1. The van der Waals surface area contributed by atoms with Crippen LogP contribution in [0.2, 0.25) is 0 Å². The Morgan fingerprint density at radius 1 is 1.11 bits per heavy atom. The third-order valence-electron chi connectivity index (χ3n) is 2.76. The smallest absolute Gasteiger partial charge is 0.328 e. The second-order valence-electron chi connectivity index (χ2n) is 6.04. The molecule has 1 atom stereocenters. The minimum Gasteiger partial charge on any atom is -0.458 e. The average Bonchev–Trinajstić information content (AvgIpc) is 2.26. The van der Waals surface area contributed by atoms with Crippen molar-refractivity contribution < 1.29 is 14.3 Å². The fourth-order valence-electron chi connectivity index (χ4n) is 1.88. The first-order valence-corrected chi connectivity index (χ1v) is 7.24. The van der Waals surface area contributed by atoms with Gasteiger partial charge in [-0.1, -0.05) is 26.7 Å². The van der Waals surface area contributed by atoms with E-state index >= 15 is 0 Å². The van der Waals surface area contributed by atoms with Gasteiger partial charge in [0.05, 0.1) is 0 Å². The summed E-state index contributed by atoms with van der Waals surface area (Å²) in [5.41, 5.74) is -0.525. The molecule has 0 saturated carbocycles. The first-order valence-electron chi connectivity index (χ1n) is 7.24. The second-order valence-corrected chi connectivity index (χ2v) is 6.04. The normalized spacial score (nSPS) is 13.2. The van der Waals surface area contributed by atoms with Crippen LogP contribution >= 0.6 is 0 Å². The van der Waals surface area contributed by atoms with Crippen molar-refractivity contribution in [3.05, 3.63) is 0 Å². The number of carbonyl (C=O) groups excluding carboxylic acids is 2. The minimum absolute atomic E-state index is 0.000105. The van der Waals surface area contributed by atoms with E-state index in [0.29, 0.717) is 0 Å². The molecule has 112 valence electrons. The lowest BCUT2D eigenvalue weighted by Gasteiger charge is -2.24. The van der Waals surface area contributed by atoms with Crippen LogP contribution < -0.4 is 5.32 Å². The molecule has 0 radical (unpaired) electrons. The van der Waals surface area contributed by atoms with Gasteiger partial charge in [-0.2, -0.15) is 0 Å². The summed E-state index contributed by atoms with van der Waals surface area (Å²) in [7, 11) is 0. The van der Waals surface area contributed by atoms with Crippen molar-refractivity contribution in [3.63, 3.8) is 0 Å². The van der Waals surface area contributed by atoms with E-state index in [2.05, 4.69) is 19.2 Å². The van der Waals surface area contributed by atoms with Gasteiger partial charge < -0.3 is 10.1 Å². The number of carbonyl (C=O) groups is 2. The summed E-state index contributed by atoms with van der Waals surface area (Å²) in [5.74, 6) is -0.422. The van der Waals surface area contributed by atoms with Crippen LogP contribution in [0.1, 0.15) is 67.2 Å². The Hall–Kier alpha value is -1.06. The molecule has 0 fully saturated rings. The molecule has 0 bridgehead atoms. The summed E-state index contributed by atoms with van der Waals surface area (Å²) in [4.78, 5) is 23.9. The summed E-state index contributed by atoms with van der Waals surface area (Å²) in [6, 6.07) is -0.595. The Kier molecular flexibility index (Phi) is 7.72. The van der Waals surface area contributed by atoms with Crippen LogP contribution in [-0.4, -0.2) is 23.5 Å². The highest BCUT2D eigenvalue weighted by Gasteiger charge is 2.25. The molecule has 0 aromatic carbocycles. The zero-order valence-corrected chi connectivity index (χ0v) is 13.2. The lowest BCUT2D eigenvalue weighted by molar-refractivity contribution is -0.158. The molecule has 1 amide bonds. The number of ether oxygens (including phenoxy) is 1. The number of rotatable bonds is 7. The molecular formula is C15H29NO3. The summed E-state index contributed by atoms with van der Waals surface area (Å²) in [5, 5.41) is 2.76. The summed E-state index contributed by atoms with van der Waals surface area (Å²) in [6.07, 6.45) is 3.67. The number of amides is 1. The highest BCUT2D eigenvalue weighted by atomic mass is 16.6. The van der Waals surface area contributed by atoms with E-state index in [9.17, 15) is 9.59 Å². The topological polar surface area (TPSA) is 55.4 Å². The molecule has 0 aliphatic carbocycles. The van der Waals surface area contributed by atoms with Crippen LogP contribution in [0.15, 0.2) is 0 Å². The monoisotopic (exact) mass is 271 g/mol. The molecular weight excluding hydrogens is 242 g/mol. The second kappa shape index (κ2) is 8.18. The summed E-state index contributed by atoms with van der Waals surface area (Å²) in [6.45, 7) is 11.2. The Morgan fingerprint density at radius 2 is 1.58 bits per heavy atom. The lowest BCUT2D eigenvalue weighted by atomic mass is 9.97. The molecule has 0 unspecified atom stereocenters. The third kappa shape index (κ3) is 7.85. The van der Waals surface area contributed by atoms with Crippen molar-refractivity contribution in [2.75, 3.05) is 0 Å². The zero-order chi connectivity index (χ0) is 15.1. The summed E-state index contributed by atoms with van der Waals surface area (Å²) < 4.78 is 5.25. The van der Waals surface area contributed by atoms with Gasteiger partial charge >= 0.3 is 5.97 Å². The minimum atomic E-state index is -0.595. The molecule has 0 heterocycles. The standard InChI is InChI=1S/C15H29NO3/c1-7-9-12(10-8-2)13(17)16-11(3)14(18)19-15(4,5)6/h11-12H,7-10H2,1-6H3,(H,16,17)/t11-/m1/s1. The van der Waals surface area contributed by atoms with Crippen LogP contribution in [0.4, 0.5) is 0 Å². The largest absolute Gasteiger partial charge is 0.458 e. The van der Waals surface area contributed by atoms with Crippen LogP contribution in [0.25, 0.3) is 0 Å². The van der Waals surface area contributed by atoms with Crippen molar-refractivity contribution in [3.8, 4) is 0 Å². The van der Waals surface area contributed by atoms with E-state index in [4.69, 9.17) is 4.74 Å². The molecule has 0 aliphatic heterocycles. The number of esters is 1. The van der Waals surface area contributed by atoms with Crippen molar-refractivity contribution in [1.82, 2.24) is 5.32 Å². The number of hydrogen-bond donors (Lipinski definition) is 1. The van der Waals surface area contributed by atoms with E-state index in [1.54, 1.807) is 6.92 Å². The van der Waals surface area contributed by atoms with Gasteiger partial charge in [-0.25, -0.2) is 4.79 Å². The van der Waals surface area contributed by atoms with Gasteiger partial charge in [-0.05, 0) is 40.5 Å². The zero-order valence-electron chi connectivity index (χ0n) is 13.2. The first-order chi connectivity index (χ1) is 8.71. The van der Waals surface area contributed by atoms with Gasteiger partial charge in [0.25, 0.3) is 0 Å². The Bertz CT molecular complexity index is 288. The predicted octanol–water partition coefficient (Wildman–Crippen LogP) is 3.05. The Labute approximate surface area is 117 Å². The first kappa shape index (κ1) is 17.9. The molecule has 0 saturated heterocycles. The van der Waals surface area contributed by atoms with E-state index in [1.165, 1.54) is 0 Å². The quantitative estimate of drug-likeness (QED) is 0.724. The van der Waals surface area contributed by atoms with Crippen LogP contribution in [0.5, 0.6) is 0 Å². The van der Waals surface area contributed by atoms with Crippen LogP contribution in [-0.2, 0) is 14.3 Å². The molecule has 1 N–H and O–H groups in total. The average molecular weight is 271 g/mol. The van der Waals surface area contributed by atoms with E-state index < -0.39 is 11.6 Å². The molecule has 19 heavy (non-hydrogen) atoms. The van der Waals surface area contributed by atoms with E-state index in [-0.39, 0.29) is 17.8 Å². The lowest BCUT2D eigenvalue weighted by Crippen LogP contribution is -2.44. The fraction of sp³-hybridized carbons (Fsp3) is 0.867. The van der Waals surface area contributed by atoms with Gasteiger partial charge in [0.2, 0.25) is 5.91 Å². The number of nitrogens with one attached hydrogen (secondary N) is 1. The van der Waals surface area contributed by atoms with Crippen LogP contribution in [0, 0.1) is 5.92 Å². The summed E-state index contributed by atoms with van der Waals surface area (Å²) >= 11 is 0. The molecule has 0 aromatic heterocycles. The van der Waals surface area contributed by atoms with Gasteiger partial charge in [0, 0.05) is 5.92 Å². The molecule has 4 heteroatoms. The SMILES string of the molecule is CCCC(CCC)C(=O)N[C@H](C)C(=O)OC(C)(C)C. The van der Waals surface area contributed by atoms with Crippen molar-refractivity contribution >= 4 is 11.9 Å². The van der Waals surface area contributed by atoms with E-state index in [0.717, 1.165) is 25.7 Å². The molecule has 0 rings (SSSR count). The van der Waals surface area contributed by atoms with Gasteiger partial charge in [-0.15, -0.1) is 0 Å². The molecule has 0 spiro atoms. The van der Waals surface area contributed by atoms with E-state index in [1.807, 2.05) is 20.8 Å². The molecule has 0 aliphatic rings. The van der Waals surface area contributed by atoms with Gasteiger partial charge in [0.15, 0.2) is 0 Å². The maximum absolute atomic E-state index is 12.1. The fourth-order valence-corrected chi connectivity index (χ4v) is 1.88. The molecule has 0 aromatic rings. The highest BCUT2D eigenvalue weighted by Crippen LogP contribution is 2.14. The van der Waals surface area contributed by atoms with Crippen molar-refractivity contribution in [2.24, 2.45) is 5.92 Å². The predicted molar refractivity (Wildman–Crippen MR) is 76.8 cm³/mol. The maximum Gasteiger partial charge on any atom is 0.328 e. The Morgan fingerprint density at radius 3 is 1.95 bits per heavy atom. The number of hydrogen-bond acceptors (Lipinski definition) is 3. The van der Waals surface area contributed by atoms with Gasteiger partial charge in [0.1, 0.15) is 11.6 Å². The highest BCUT2D eigenvalue weighted by molar-refractivity contribution is 5.85. The van der Waals surface area contributed by atoms with Crippen molar-refractivity contribution in [2.45, 2.75) is 78.9 Å². The van der Waals surface area contributed by atoms with Crippen LogP contribution in [0.3, 0.4) is 0 Å². The molecule has 4 nitrogen and oxygen atoms in total. The Balaban J connectivity index is 4.40. The third-order valence-corrected chi connectivity index (χ3v) is 2.76. The van der Waals surface area contributed by atoms with Crippen molar-refractivity contribution in [1.29, 1.82) is 0 Å². The van der Waals surface area contributed by atoms with Gasteiger partial charge in [-0.3, -0.25) is 4.79 Å².